The van der Waals surface area contributed by atoms with Crippen LogP contribution in [0.2, 0.25) is 0 Å². The number of hydrogen-bond donors (Lipinski definition) is 1. The Kier molecular flexibility index (Phi) is 3.89. The number of ether oxygens (including phenoxy) is 2. The van der Waals surface area contributed by atoms with Crippen molar-refractivity contribution >= 4 is 17.7 Å². The van der Waals surface area contributed by atoms with Crippen molar-refractivity contribution in [1.82, 2.24) is 5.32 Å². The molecule has 0 fully saturated rings. The van der Waals surface area contributed by atoms with Crippen LogP contribution in [-0.2, 0) is 9.53 Å². The van der Waals surface area contributed by atoms with E-state index in [1.807, 2.05) is 25.1 Å². The Morgan fingerprint density at radius 3 is 3.00 bits per heavy atom. The van der Waals surface area contributed by atoms with Crippen LogP contribution in [0, 0.1) is 6.92 Å². The van der Waals surface area contributed by atoms with E-state index >= 15 is 0 Å². The number of benzene rings is 1. The maximum atomic E-state index is 12.0. The number of nitrogens with zero attached hydrogens (tertiary/aromatic N) is 1. The summed E-state index contributed by atoms with van der Waals surface area (Å²) in [6.07, 6.45) is 0. The lowest BCUT2D eigenvalue weighted by molar-refractivity contribution is -0.139. The first kappa shape index (κ1) is 13.2. The van der Waals surface area contributed by atoms with Gasteiger partial charge in [0.1, 0.15) is 18.9 Å². The van der Waals surface area contributed by atoms with E-state index in [9.17, 15) is 9.59 Å². The third kappa shape index (κ3) is 2.96. The van der Waals surface area contributed by atoms with Gasteiger partial charge < -0.3 is 14.8 Å². The molecule has 1 aromatic carbocycles. The average molecular weight is 264 g/mol. The van der Waals surface area contributed by atoms with Gasteiger partial charge >= 0.3 is 12.0 Å². The van der Waals surface area contributed by atoms with E-state index in [2.05, 4.69) is 10.1 Å². The van der Waals surface area contributed by atoms with Gasteiger partial charge in [0.25, 0.3) is 0 Å². The highest BCUT2D eigenvalue weighted by molar-refractivity contribution is 5.95. The molecule has 0 unspecified atom stereocenters. The Labute approximate surface area is 111 Å². The van der Waals surface area contributed by atoms with Gasteiger partial charge in [0, 0.05) is 0 Å². The third-order valence-electron chi connectivity index (χ3n) is 2.83. The van der Waals surface area contributed by atoms with Gasteiger partial charge in [0.05, 0.1) is 19.3 Å². The molecule has 0 aliphatic carbocycles. The Morgan fingerprint density at radius 2 is 2.26 bits per heavy atom. The Bertz CT molecular complexity index is 501. The fraction of sp³-hybridized carbons (Fsp3) is 0.385. The van der Waals surface area contributed by atoms with Crippen LogP contribution < -0.4 is 15.0 Å². The largest absolute Gasteiger partial charge is 0.490 e. The van der Waals surface area contributed by atoms with Crippen molar-refractivity contribution in [2.24, 2.45) is 0 Å². The molecule has 0 saturated heterocycles. The third-order valence-corrected chi connectivity index (χ3v) is 2.83. The van der Waals surface area contributed by atoms with Gasteiger partial charge in [-0.05, 0) is 24.6 Å². The molecule has 0 bridgehead atoms. The summed E-state index contributed by atoms with van der Waals surface area (Å²) in [5.41, 5.74) is 1.75. The number of aryl methyl sites for hydroxylation is 1. The number of esters is 1. The molecule has 0 saturated carbocycles. The molecule has 6 nitrogen and oxygen atoms in total. The molecule has 1 aromatic rings. The fourth-order valence-electron chi connectivity index (χ4n) is 1.85. The number of carbonyl (C=O) groups is 2. The summed E-state index contributed by atoms with van der Waals surface area (Å²) in [7, 11) is 1.28. The molecule has 0 radical (unpaired) electrons. The second-order valence-corrected chi connectivity index (χ2v) is 4.21. The molecule has 0 aromatic heterocycles. The van der Waals surface area contributed by atoms with E-state index in [1.54, 1.807) is 4.90 Å². The minimum atomic E-state index is -0.480. The molecule has 2 rings (SSSR count). The zero-order valence-corrected chi connectivity index (χ0v) is 10.9. The van der Waals surface area contributed by atoms with E-state index in [0.717, 1.165) is 5.56 Å². The molecule has 6 heteroatoms. The van der Waals surface area contributed by atoms with Crippen molar-refractivity contribution in [2.45, 2.75) is 6.92 Å². The van der Waals surface area contributed by atoms with Crippen molar-refractivity contribution in [3.63, 3.8) is 0 Å². The average Bonchev–Trinajstić information content (AvgIpc) is 2.43. The maximum absolute atomic E-state index is 12.0. The first-order valence-electron chi connectivity index (χ1n) is 5.97. The highest BCUT2D eigenvalue weighted by Gasteiger charge is 2.23. The van der Waals surface area contributed by atoms with Crippen LogP contribution in [0.15, 0.2) is 18.2 Å². The smallest absolute Gasteiger partial charge is 0.325 e. The minimum absolute atomic E-state index is 0.145. The number of carbonyl (C=O) groups excluding carboxylic acids is 2. The number of amides is 2. The normalized spacial score (nSPS) is 13.3. The van der Waals surface area contributed by atoms with Crippen LogP contribution in [0.5, 0.6) is 5.75 Å². The monoisotopic (exact) mass is 264 g/mol. The van der Waals surface area contributed by atoms with Gasteiger partial charge in [-0.25, -0.2) is 4.79 Å². The van der Waals surface area contributed by atoms with E-state index in [4.69, 9.17) is 4.74 Å². The summed E-state index contributed by atoms with van der Waals surface area (Å²) >= 11 is 0. The number of hydrogen-bond acceptors (Lipinski definition) is 4. The molecule has 19 heavy (non-hydrogen) atoms. The highest BCUT2D eigenvalue weighted by atomic mass is 16.5. The summed E-state index contributed by atoms with van der Waals surface area (Å²) < 4.78 is 9.97. The van der Waals surface area contributed by atoms with Gasteiger partial charge in [-0.3, -0.25) is 9.69 Å². The van der Waals surface area contributed by atoms with Gasteiger partial charge in [-0.2, -0.15) is 0 Å². The number of nitrogens with one attached hydrogen (secondary N) is 1. The first-order chi connectivity index (χ1) is 9.11. The van der Waals surface area contributed by atoms with E-state index < -0.39 is 5.97 Å². The lowest BCUT2D eigenvalue weighted by Gasteiger charge is -2.29. The van der Waals surface area contributed by atoms with Gasteiger partial charge in [0.2, 0.25) is 0 Å². The van der Waals surface area contributed by atoms with E-state index in [0.29, 0.717) is 24.6 Å². The summed E-state index contributed by atoms with van der Waals surface area (Å²) in [5.74, 6) is 0.191. The highest BCUT2D eigenvalue weighted by Crippen LogP contribution is 2.32. The maximum Gasteiger partial charge on any atom is 0.325 e. The van der Waals surface area contributed by atoms with Crippen LogP contribution in [0.4, 0.5) is 10.5 Å². The van der Waals surface area contributed by atoms with Crippen molar-refractivity contribution in [1.29, 1.82) is 0 Å². The number of urea groups is 1. The predicted octanol–water partition coefficient (Wildman–Crippen LogP) is 1.08. The predicted molar refractivity (Wildman–Crippen MR) is 69.4 cm³/mol. The lowest BCUT2D eigenvalue weighted by atomic mass is 10.1. The second kappa shape index (κ2) is 5.60. The molecule has 0 atom stereocenters. The van der Waals surface area contributed by atoms with Crippen molar-refractivity contribution < 1.29 is 19.1 Å². The van der Waals surface area contributed by atoms with Gasteiger partial charge in [-0.1, -0.05) is 6.07 Å². The van der Waals surface area contributed by atoms with Crippen LogP contribution in [0.1, 0.15) is 5.56 Å². The SMILES string of the molecule is COC(=O)CNC(=O)N1CCOc2ccc(C)cc21. The van der Waals surface area contributed by atoms with E-state index in [1.165, 1.54) is 7.11 Å². The minimum Gasteiger partial charge on any atom is -0.490 e. The zero-order chi connectivity index (χ0) is 13.8. The number of fused-ring (bicyclic) bond motifs is 1. The standard InChI is InChI=1S/C13H16N2O4/c1-9-3-4-11-10(7-9)15(5-6-19-11)13(17)14-8-12(16)18-2/h3-4,7H,5-6,8H2,1-2H3,(H,14,17). The quantitative estimate of drug-likeness (QED) is 0.811. The van der Waals surface area contributed by atoms with Crippen molar-refractivity contribution in [3.8, 4) is 5.75 Å². The molecule has 2 amide bonds. The first-order valence-corrected chi connectivity index (χ1v) is 5.97. The van der Waals surface area contributed by atoms with Gasteiger partial charge in [-0.15, -0.1) is 0 Å². The van der Waals surface area contributed by atoms with E-state index in [-0.39, 0.29) is 12.6 Å². The van der Waals surface area contributed by atoms with Crippen molar-refractivity contribution in [2.75, 3.05) is 31.7 Å². The molecule has 102 valence electrons. The second-order valence-electron chi connectivity index (χ2n) is 4.21. The number of anilines is 1. The summed E-state index contributed by atoms with van der Waals surface area (Å²) in [6, 6.07) is 5.31. The molecular formula is C13H16N2O4. The fourth-order valence-corrected chi connectivity index (χ4v) is 1.85. The number of methoxy groups -OCH3 is 1. The molecule has 1 aliphatic rings. The van der Waals surface area contributed by atoms with Gasteiger partial charge in [0.15, 0.2) is 0 Å². The molecule has 1 N–H and O–H groups in total. The Hall–Kier alpha value is -2.24. The topological polar surface area (TPSA) is 67.9 Å². The number of rotatable bonds is 2. The molecular weight excluding hydrogens is 248 g/mol. The van der Waals surface area contributed by atoms with Crippen LogP contribution in [0.25, 0.3) is 0 Å². The molecule has 1 heterocycles. The van der Waals surface area contributed by atoms with Crippen LogP contribution in [-0.4, -0.2) is 38.8 Å². The van der Waals surface area contributed by atoms with Crippen molar-refractivity contribution in [3.05, 3.63) is 23.8 Å². The Morgan fingerprint density at radius 1 is 1.47 bits per heavy atom. The zero-order valence-electron chi connectivity index (χ0n) is 10.9. The summed E-state index contributed by atoms with van der Waals surface area (Å²) in [5, 5.41) is 2.52. The van der Waals surface area contributed by atoms with Crippen LogP contribution in [0.3, 0.4) is 0 Å². The lowest BCUT2D eigenvalue weighted by Crippen LogP contribution is -2.46. The molecule has 1 aliphatic heterocycles. The molecule has 0 spiro atoms. The Balaban J connectivity index is 2.12. The van der Waals surface area contributed by atoms with Crippen LogP contribution >= 0.6 is 0 Å². The summed E-state index contributed by atoms with van der Waals surface area (Å²) in [6.45, 7) is 2.68. The summed E-state index contributed by atoms with van der Waals surface area (Å²) in [4.78, 5) is 24.6.